The van der Waals surface area contributed by atoms with E-state index in [1.807, 2.05) is 29.7 Å². The molecule has 5 heteroatoms. The summed E-state index contributed by atoms with van der Waals surface area (Å²) in [5.41, 5.74) is 16.3. The lowest BCUT2D eigenvalue weighted by molar-refractivity contribution is 0.660. The van der Waals surface area contributed by atoms with Gasteiger partial charge in [-0.05, 0) is 123 Å². The number of aromatic nitrogens is 3. The van der Waals surface area contributed by atoms with E-state index in [1.54, 1.807) is 0 Å². The van der Waals surface area contributed by atoms with Gasteiger partial charge < -0.3 is 4.90 Å². The third-order valence-corrected chi connectivity index (χ3v) is 14.6. The van der Waals surface area contributed by atoms with Crippen LogP contribution in [-0.2, 0) is 5.41 Å². The van der Waals surface area contributed by atoms with Crippen molar-refractivity contribution in [3.63, 3.8) is 0 Å². The van der Waals surface area contributed by atoms with E-state index in [2.05, 4.69) is 211 Å². The van der Waals surface area contributed by atoms with Gasteiger partial charge in [-0.2, -0.15) is 0 Å². The van der Waals surface area contributed by atoms with E-state index < -0.39 is 0 Å². The van der Waals surface area contributed by atoms with Crippen molar-refractivity contribution in [2.75, 3.05) is 4.90 Å². The zero-order valence-electron chi connectivity index (χ0n) is 35.3. The molecule has 0 unspecified atom stereocenters. The first-order chi connectivity index (χ1) is 31.5. The summed E-state index contributed by atoms with van der Waals surface area (Å²) in [6, 6.07) is 73.0. The van der Waals surface area contributed by atoms with Crippen LogP contribution in [0.1, 0.15) is 25.0 Å². The average molecular weight is 837 g/mol. The molecule has 0 aliphatic heterocycles. The Bertz CT molecular complexity index is 3830. The molecule has 13 rings (SSSR count). The number of para-hydroxylation sites is 2. The van der Waals surface area contributed by atoms with Gasteiger partial charge in [-0.25, -0.2) is 9.97 Å². The highest BCUT2D eigenvalue weighted by atomic mass is 32.1. The van der Waals surface area contributed by atoms with E-state index in [9.17, 15) is 0 Å². The molecule has 0 saturated heterocycles. The van der Waals surface area contributed by atoms with Gasteiger partial charge in [0.1, 0.15) is 0 Å². The Labute approximate surface area is 375 Å². The fourth-order valence-electron chi connectivity index (χ4n) is 10.3. The molecular weight excluding hydrogens is 797 g/mol. The summed E-state index contributed by atoms with van der Waals surface area (Å²) in [7, 11) is 0. The maximum absolute atomic E-state index is 5.12. The maximum Gasteiger partial charge on any atom is 0.235 e. The molecule has 1 aliphatic carbocycles. The smallest absolute Gasteiger partial charge is 0.235 e. The average Bonchev–Trinajstić information content (AvgIpc) is 3.95. The topological polar surface area (TPSA) is 34.0 Å². The lowest BCUT2D eigenvalue weighted by atomic mass is 9.82. The molecule has 0 atom stereocenters. The van der Waals surface area contributed by atoms with Crippen LogP contribution in [0.5, 0.6) is 0 Å². The first kappa shape index (κ1) is 36.8. The van der Waals surface area contributed by atoms with Crippen LogP contribution in [0.4, 0.5) is 17.1 Å². The second-order valence-electron chi connectivity index (χ2n) is 17.5. The summed E-state index contributed by atoms with van der Waals surface area (Å²) < 4.78 is 4.80. The van der Waals surface area contributed by atoms with E-state index in [1.165, 1.54) is 75.5 Å². The Morgan fingerprint density at radius 3 is 1.98 bits per heavy atom. The van der Waals surface area contributed by atoms with Crippen molar-refractivity contribution in [1.82, 2.24) is 14.5 Å². The number of thiophene rings is 1. The third kappa shape index (κ3) is 5.67. The minimum absolute atomic E-state index is 0.154. The van der Waals surface area contributed by atoms with Gasteiger partial charge in [0.25, 0.3) is 0 Å². The monoisotopic (exact) mass is 836 g/mol. The van der Waals surface area contributed by atoms with Gasteiger partial charge in [0.15, 0.2) is 0 Å². The number of fused-ring (bicyclic) bond motifs is 10. The first-order valence-corrected chi connectivity index (χ1v) is 22.7. The molecule has 0 fully saturated rings. The van der Waals surface area contributed by atoms with Crippen LogP contribution in [0.15, 0.2) is 206 Å². The van der Waals surface area contributed by atoms with Crippen molar-refractivity contribution in [1.29, 1.82) is 0 Å². The van der Waals surface area contributed by atoms with Crippen molar-refractivity contribution in [3.05, 3.63) is 218 Å². The predicted molar refractivity (Wildman–Crippen MR) is 270 cm³/mol. The fourth-order valence-corrected chi connectivity index (χ4v) is 11.4. The molecule has 0 radical (unpaired) electrons. The summed E-state index contributed by atoms with van der Waals surface area (Å²) >= 11 is 1.84. The number of rotatable bonds is 6. The highest BCUT2D eigenvalue weighted by molar-refractivity contribution is 7.25. The van der Waals surface area contributed by atoms with Gasteiger partial charge in [0.05, 0.1) is 16.6 Å². The zero-order valence-corrected chi connectivity index (χ0v) is 36.1. The molecule has 0 amide bonds. The summed E-state index contributed by atoms with van der Waals surface area (Å²) in [6.07, 6.45) is 1.94. The van der Waals surface area contributed by atoms with Gasteiger partial charge in [-0.15, -0.1) is 11.3 Å². The Hall–Kier alpha value is -7.86. The van der Waals surface area contributed by atoms with Gasteiger partial charge in [0, 0.05) is 65.0 Å². The van der Waals surface area contributed by atoms with Gasteiger partial charge in [-0.3, -0.25) is 4.57 Å². The standard InChI is InChI=1S/C59H40N4S/c1-59(2)51-27-24-39(31-46(51)47-33-44(26-28-52(47)59)62(42-18-7-4-8-19-42)43-20-13-17-38(30-43)37-14-5-3-6-15-37)40-25-29-54-48(32-40)49-34-50-45-21-10-12-23-56(45)64-57(50)35-55(49)63(54)58-60-36-41-16-9-11-22-53(41)61-58/h3-36H,1-2H3. The molecule has 1 aliphatic rings. The number of benzene rings is 9. The molecular formula is C59H40N4S. The van der Waals surface area contributed by atoms with Gasteiger partial charge in [-0.1, -0.05) is 135 Å². The number of hydrogen-bond donors (Lipinski definition) is 0. The summed E-state index contributed by atoms with van der Waals surface area (Å²) in [5, 5.41) is 5.97. The van der Waals surface area contributed by atoms with E-state index in [0.29, 0.717) is 5.95 Å². The molecule has 3 aromatic heterocycles. The van der Waals surface area contributed by atoms with Crippen LogP contribution >= 0.6 is 11.3 Å². The SMILES string of the molecule is CC1(C)c2ccc(-c3ccc4c(c3)c3cc5c(cc3n4-c3ncc4ccccc4n3)sc3ccccc35)cc2-c2cc(N(c3ccccc3)c3cccc(-c4ccccc4)c3)ccc21. The molecule has 0 spiro atoms. The van der Waals surface area contributed by atoms with E-state index in [4.69, 9.17) is 9.97 Å². The van der Waals surface area contributed by atoms with E-state index in [0.717, 1.165) is 39.0 Å². The van der Waals surface area contributed by atoms with Crippen LogP contribution in [0, 0.1) is 0 Å². The summed E-state index contributed by atoms with van der Waals surface area (Å²) in [4.78, 5) is 12.5. The van der Waals surface area contributed by atoms with Crippen molar-refractivity contribution < 1.29 is 0 Å². The second-order valence-corrected chi connectivity index (χ2v) is 18.5. The summed E-state index contributed by atoms with van der Waals surface area (Å²) in [5.74, 6) is 0.676. The molecule has 4 nitrogen and oxygen atoms in total. The fraction of sp³-hybridized carbons (Fsp3) is 0.0508. The molecule has 3 heterocycles. The maximum atomic E-state index is 5.12. The zero-order chi connectivity index (χ0) is 42.5. The third-order valence-electron chi connectivity index (χ3n) is 13.4. The first-order valence-electron chi connectivity index (χ1n) is 21.9. The highest BCUT2D eigenvalue weighted by Crippen LogP contribution is 2.52. The molecule has 0 N–H and O–H groups in total. The van der Waals surface area contributed by atoms with Crippen molar-refractivity contribution in [2.45, 2.75) is 19.3 Å². The molecule has 9 aromatic carbocycles. The Morgan fingerprint density at radius 2 is 1.11 bits per heavy atom. The van der Waals surface area contributed by atoms with Crippen molar-refractivity contribution in [2.24, 2.45) is 0 Å². The predicted octanol–water partition coefficient (Wildman–Crippen LogP) is 16.2. The van der Waals surface area contributed by atoms with Gasteiger partial charge >= 0.3 is 0 Å². The molecule has 0 bridgehead atoms. The van der Waals surface area contributed by atoms with E-state index >= 15 is 0 Å². The van der Waals surface area contributed by atoms with Crippen LogP contribution in [0.2, 0.25) is 0 Å². The summed E-state index contributed by atoms with van der Waals surface area (Å²) in [6.45, 7) is 4.72. The number of hydrogen-bond acceptors (Lipinski definition) is 4. The molecule has 64 heavy (non-hydrogen) atoms. The lowest BCUT2D eigenvalue weighted by Gasteiger charge is -2.27. The van der Waals surface area contributed by atoms with Gasteiger partial charge in [0.2, 0.25) is 5.95 Å². The van der Waals surface area contributed by atoms with Crippen LogP contribution in [0.25, 0.3) is 92.2 Å². The molecule has 302 valence electrons. The van der Waals surface area contributed by atoms with Crippen molar-refractivity contribution >= 4 is 81.3 Å². The van der Waals surface area contributed by atoms with Crippen LogP contribution in [0.3, 0.4) is 0 Å². The number of anilines is 3. The Balaban J connectivity index is 0.973. The Morgan fingerprint density at radius 1 is 0.453 bits per heavy atom. The molecule has 0 saturated carbocycles. The lowest BCUT2D eigenvalue weighted by Crippen LogP contribution is -2.15. The van der Waals surface area contributed by atoms with Crippen molar-refractivity contribution in [3.8, 4) is 39.3 Å². The Kier molecular flexibility index (Phi) is 8.09. The number of nitrogens with zero attached hydrogens (tertiary/aromatic N) is 4. The quantitative estimate of drug-likeness (QED) is 0.167. The minimum atomic E-state index is -0.154. The largest absolute Gasteiger partial charge is 0.310 e. The molecule has 12 aromatic rings. The second kappa shape index (κ2) is 14.1. The van der Waals surface area contributed by atoms with Crippen LogP contribution in [-0.4, -0.2) is 14.5 Å². The highest BCUT2D eigenvalue weighted by Gasteiger charge is 2.36. The normalized spacial score (nSPS) is 13.0. The van der Waals surface area contributed by atoms with E-state index in [-0.39, 0.29) is 5.41 Å². The van der Waals surface area contributed by atoms with Crippen LogP contribution < -0.4 is 4.90 Å². The minimum Gasteiger partial charge on any atom is -0.310 e.